The first kappa shape index (κ1) is 12.1. The van der Waals surface area contributed by atoms with Gasteiger partial charge in [0.2, 0.25) is 0 Å². The van der Waals surface area contributed by atoms with Crippen LogP contribution in [0, 0.1) is 6.92 Å². The molecule has 0 fully saturated rings. The minimum Gasteiger partial charge on any atom is -0.361 e. The summed E-state index contributed by atoms with van der Waals surface area (Å²) in [5.41, 5.74) is 3.27. The number of nitrogens with one attached hydrogen (secondary N) is 1. The number of pyridine rings is 1. The van der Waals surface area contributed by atoms with Gasteiger partial charge < -0.3 is 5.32 Å². The van der Waals surface area contributed by atoms with E-state index in [1.807, 2.05) is 43.2 Å². The van der Waals surface area contributed by atoms with Gasteiger partial charge in [-0.05, 0) is 31.0 Å². The first-order chi connectivity index (χ1) is 9.24. The Balaban J connectivity index is 1.67. The summed E-state index contributed by atoms with van der Waals surface area (Å²) in [6, 6.07) is 4.07. The number of aryl methyl sites for hydroxylation is 2. The molecule has 19 heavy (non-hydrogen) atoms. The second-order valence-electron chi connectivity index (χ2n) is 4.41. The number of aromatic nitrogens is 4. The second kappa shape index (κ2) is 4.97. The van der Waals surface area contributed by atoms with E-state index < -0.39 is 0 Å². The summed E-state index contributed by atoms with van der Waals surface area (Å²) in [6.07, 6.45) is 4.61. The third kappa shape index (κ3) is 2.44. The van der Waals surface area contributed by atoms with Gasteiger partial charge in [-0.25, -0.2) is 9.67 Å². The van der Waals surface area contributed by atoms with Crippen LogP contribution in [0.2, 0.25) is 0 Å². The maximum atomic E-state index is 4.56. The molecule has 0 aliphatic rings. The number of fused-ring (bicyclic) bond motifs is 1. The molecule has 0 aliphatic carbocycles. The smallest absolute Gasteiger partial charge is 0.185 e. The molecular formula is C13H15N5S. The molecule has 0 aromatic carbocycles. The topological polar surface area (TPSA) is 55.6 Å². The number of rotatable bonds is 4. The average molecular weight is 273 g/mol. The third-order valence-corrected chi connectivity index (χ3v) is 4.09. The van der Waals surface area contributed by atoms with Crippen LogP contribution in [0.1, 0.15) is 11.3 Å². The molecule has 0 saturated heterocycles. The van der Waals surface area contributed by atoms with Gasteiger partial charge in [-0.15, -0.1) is 0 Å². The zero-order chi connectivity index (χ0) is 13.2. The van der Waals surface area contributed by atoms with E-state index in [-0.39, 0.29) is 0 Å². The van der Waals surface area contributed by atoms with Crippen LogP contribution in [0.5, 0.6) is 0 Å². The van der Waals surface area contributed by atoms with Crippen LogP contribution in [0.4, 0.5) is 5.13 Å². The third-order valence-electron chi connectivity index (χ3n) is 2.98. The second-order valence-corrected chi connectivity index (χ2v) is 5.41. The molecule has 0 bridgehead atoms. The van der Waals surface area contributed by atoms with Gasteiger partial charge in [0.25, 0.3) is 0 Å². The lowest BCUT2D eigenvalue weighted by Gasteiger charge is -2.02. The average Bonchev–Trinajstić information content (AvgIpc) is 2.94. The molecule has 0 radical (unpaired) electrons. The highest BCUT2D eigenvalue weighted by atomic mass is 32.1. The Kier molecular flexibility index (Phi) is 3.16. The fourth-order valence-electron chi connectivity index (χ4n) is 2.02. The van der Waals surface area contributed by atoms with Gasteiger partial charge >= 0.3 is 0 Å². The highest BCUT2D eigenvalue weighted by Gasteiger charge is 2.11. The Hall–Kier alpha value is -1.95. The van der Waals surface area contributed by atoms with Crippen LogP contribution in [0.3, 0.4) is 0 Å². The molecule has 1 N–H and O–H groups in total. The summed E-state index contributed by atoms with van der Waals surface area (Å²) >= 11 is 1.66. The van der Waals surface area contributed by atoms with E-state index >= 15 is 0 Å². The molecule has 0 saturated carbocycles. The van der Waals surface area contributed by atoms with Crippen molar-refractivity contribution < 1.29 is 0 Å². The minimum absolute atomic E-state index is 0.871. The zero-order valence-electron chi connectivity index (χ0n) is 10.9. The van der Waals surface area contributed by atoms with E-state index in [0.29, 0.717) is 0 Å². The summed E-state index contributed by atoms with van der Waals surface area (Å²) in [5, 5.41) is 8.68. The Labute approximate surface area is 115 Å². The van der Waals surface area contributed by atoms with Crippen molar-refractivity contribution in [1.29, 1.82) is 0 Å². The Morgan fingerprint density at radius 3 is 2.84 bits per heavy atom. The molecule has 3 heterocycles. The van der Waals surface area contributed by atoms with Gasteiger partial charge in [-0.2, -0.15) is 5.10 Å². The number of hydrogen-bond donors (Lipinski definition) is 1. The monoisotopic (exact) mass is 273 g/mol. The van der Waals surface area contributed by atoms with Gasteiger partial charge in [0.15, 0.2) is 10.8 Å². The number of nitrogens with zero attached hydrogens (tertiary/aromatic N) is 4. The Morgan fingerprint density at radius 2 is 2.11 bits per heavy atom. The molecule has 0 atom stereocenters. The van der Waals surface area contributed by atoms with Gasteiger partial charge in [-0.3, -0.25) is 4.98 Å². The summed E-state index contributed by atoms with van der Waals surface area (Å²) in [7, 11) is 1.93. The van der Waals surface area contributed by atoms with Gasteiger partial charge in [0.05, 0.1) is 10.4 Å². The number of anilines is 1. The first-order valence-electron chi connectivity index (χ1n) is 6.17. The van der Waals surface area contributed by atoms with Crippen molar-refractivity contribution in [1.82, 2.24) is 19.7 Å². The highest BCUT2D eigenvalue weighted by molar-refractivity contribution is 7.22. The van der Waals surface area contributed by atoms with Crippen LogP contribution in [0.25, 0.3) is 10.3 Å². The van der Waals surface area contributed by atoms with E-state index in [4.69, 9.17) is 0 Å². The van der Waals surface area contributed by atoms with Crippen molar-refractivity contribution in [2.45, 2.75) is 13.3 Å². The van der Waals surface area contributed by atoms with Crippen molar-refractivity contribution >= 4 is 26.8 Å². The maximum Gasteiger partial charge on any atom is 0.185 e. The van der Waals surface area contributed by atoms with Crippen molar-refractivity contribution in [3.05, 3.63) is 35.8 Å². The van der Waals surface area contributed by atoms with Crippen molar-refractivity contribution in [2.75, 3.05) is 11.9 Å². The van der Waals surface area contributed by atoms with Gasteiger partial charge in [0.1, 0.15) is 0 Å². The summed E-state index contributed by atoms with van der Waals surface area (Å²) in [6.45, 7) is 2.89. The number of hydrogen-bond acceptors (Lipinski definition) is 5. The molecule has 3 rings (SSSR count). The van der Waals surface area contributed by atoms with E-state index in [2.05, 4.69) is 20.4 Å². The van der Waals surface area contributed by atoms with E-state index in [0.717, 1.165) is 34.1 Å². The summed E-state index contributed by atoms with van der Waals surface area (Å²) in [4.78, 5) is 8.57. The summed E-state index contributed by atoms with van der Waals surface area (Å²) < 4.78 is 2.99. The van der Waals surface area contributed by atoms with Gasteiger partial charge in [-0.1, -0.05) is 11.3 Å². The molecule has 98 valence electrons. The molecule has 0 spiro atoms. The minimum atomic E-state index is 0.871. The van der Waals surface area contributed by atoms with Crippen LogP contribution < -0.4 is 5.32 Å². The maximum absolute atomic E-state index is 4.56. The van der Waals surface area contributed by atoms with E-state index in [1.165, 1.54) is 5.56 Å². The molecule has 0 unspecified atom stereocenters. The number of thiazole rings is 1. The molecule has 5 nitrogen and oxygen atoms in total. The van der Waals surface area contributed by atoms with Crippen LogP contribution in [-0.4, -0.2) is 26.3 Å². The molecule has 3 aromatic heterocycles. The molecule has 3 aromatic rings. The normalized spacial score (nSPS) is 11.1. The predicted octanol–water partition coefficient (Wildman–Crippen LogP) is 2.39. The standard InChI is InChI=1S/C13H15N5S/c1-9-11-12(18(2)17-9)16-13(19-11)15-8-5-10-3-6-14-7-4-10/h3-4,6-7H,5,8H2,1-2H3,(H,15,16). The molecular weight excluding hydrogens is 258 g/mol. The molecule has 6 heteroatoms. The van der Waals surface area contributed by atoms with Gasteiger partial charge in [0, 0.05) is 26.0 Å². The zero-order valence-corrected chi connectivity index (χ0v) is 11.7. The fourth-order valence-corrected chi connectivity index (χ4v) is 2.98. The lowest BCUT2D eigenvalue weighted by Crippen LogP contribution is -2.04. The van der Waals surface area contributed by atoms with Crippen LogP contribution >= 0.6 is 11.3 Å². The van der Waals surface area contributed by atoms with Crippen molar-refractivity contribution in [3.8, 4) is 0 Å². The first-order valence-corrected chi connectivity index (χ1v) is 6.98. The predicted molar refractivity (Wildman–Crippen MR) is 77.6 cm³/mol. The van der Waals surface area contributed by atoms with E-state index in [1.54, 1.807) is 11.3 Å². The van der Waals surface area contributed by atoms with Crippen molar-refractivity contribution in [3.63, 3.8) is 0 Å². The Morgan fingerprint density at radius 1 is 1.32 bits per heavy atom. The Bertz CT molecular complexity index is 651. The SMILES string of the molecule is Cc1nn(C)c2nc(NCCc3ccncc3)sc12. The lowest BCUT2D eigenvalue weighted by atomic mass is 10.2. The molecule has 0 amide bonds. The molecule has 0 aliphatic heterocycles. The van der Waals surface area contributed by atoms with Crippen LogP contribution in [-0.2, 0) is 13.5 Å². The largest absolute Gasteiger partial charge is 0.361 e. The summed E-state index contributed by atoms with van der Waals surface area (Å²) in [5.74, 6) is 0. The highest BCUT2D eigenvalue weighted by Crippen LogP contribution is 2.27. The quantitative estimate of drug-likeness (QED) is 0.793. The lowest BCUT2D eigenvalue weighted by molar-refractivity contribution is 0.774. The van der Waals surface area contributed by atoms with Crippen molar-refractivity contribution in [2.24, 2.45) is 7.05 Å². The van der Waals surface area contributed by atoms with Crippen LogP contribution in [0.15, 0.2) is 24.5 Å². The fraction of sp³-hybridized carbons (Fsp3) is 0.308. The van der Waals surface area contributed by atoms with E-state index in [9.17, 15) is 0 Å².